The van der Waals surface area contributed by atoms with Gasteiger partial charge in [0.25, 0.3) is 0 Å². The first-order valence-corrected chi connectivity index (χ1v) is 11.7. The van der Waals surface area contributed by atoms with E-state index in [-0.39, 0.29) is 34.4 Å². The Labute approximate surface area is 166 Å². The lowest BCUT2D eigenvalue weighted by molar-refractivity contribution is -0.120. The Kier molecular flexibility index (Phi) is 6.97. The number of amides is 1. The predicted molar refractivity (Wildman–Crippen MR) is 107 cm³/mol. The summed E-state index contributed by atoms with van der Waals surface area (Å²) in [7, 11) is -4.11. The Bertz CT molecular complexity index is 1030. The predicted octanol–water partition coefficient (Wildman–Crippen LogP) is 1.73. The van der Waals surface area contributed by atoms with Crippen molar-refractivity contribution in [1.82, 2.24) is 9.62 Å². The van der Waals surface area contributed by atoms with Crippen LogP contribution in [0.25, 0.3) is 0 Å². The lowest BCUT2D eigenvalue weighted by atomic mass is 10.2. The molecule has 28 heavy (non-hydrogen) atoms. The molecule has 0 aliphatic carbocycles. The van der Waals surface area contributed by atoms with Gasteiger partial charge in [-0.05, 0) is 36.8 Å². The molecule has 0 spiro atoms. The van der Waals surface area contributed by atoms with E-state index in [4.69, 9.17) is 0 Å². The van der Waals surface area contributed by atoms with Crippen molar-refractivity contribution in [2.75, 3.05) is 19.8 Å². The molecule has 0 saturated carbocycles. The normalized spacial score (nSPS) is 12.1. The Balaban J connectivity index is 1.90. The number of carbonyl (C=O) groups is 1. The maximum absolute atomic E-state index is 12.3. The van der Waals surface area contributed by atoms with Crippen LogP contribution in [0.4, 0.5) is 0 Å². The minimum atomic E-state index is -3.52. The van der Waals surface area contributed by atoms with Crippen molar-refractivity contribution in [2.24, 2.45) is 0 Å². The maximum atomic E-state index is 12.3. The van der Waals surface area contributed by atoms with Crippen LogP contribution in [-0.2, 0) is 31.2 Å². The molecule has 0 saturated heterocycles. The summed E-state index contributed by atoms with van der Waals surface area (Å²) in [5.41, 5.74) is 1.67. The SMILES string of the molecule is Cc1ccc(S(=O)(=O)CCC(=O)NCc2ccc(S(=O)(=O)N(C)C)cc2)cc1. The van der Waals surface area contributed by atoms with E-state index in [1.54, 1.807) is 24.3 Å². The van der Waals surface area contributed by atoms with E-state index in [9.17, 15) is 21.6 Å². The number of sulfone groups is 1. The monoisotopic (exact) mass is 424 g/mol. The van der Waals surface area contributed by atoms with E-state index in [0.29, 0.717) is 5.56 Å². The number of rotatable bonds is 8. The van der Waals surface area contributed by atoms with Crippen molar-refractivity contribution in [3.63, 3.8) is 0 Å². The summed E-state index contributed by atoms with van der Waals surface area (Å²) in [6.45, 7) is 2.05. The van der Waals surface area contributed by atoms with Crippen molar-refractivity contribution >= 4 is 25.8 Å². The second-order valence-corrected chi connectivity index (χ2v) is 10.9. The van der Waals surface area contributed by atoms with Gasteiger partial charge in [-0.25, -0.2) is 21.1 Å². The third-order valence-electron chi connectivity index (χ3n) is 4.17. The Morgan fingerprint density at radius 2 is 1.43 bits per heavy atom. The first-order chi connectivity index (χ1) is 13.0. The zero-order chi connectivity index (χ0) is 20.9. The number of aryl methyl sites for hydroxylation is 1. The number of hydrogen-bond donors (Lipinski definition) is 1. The van der Waals surface area contributed by atoms with Crippen LogP contribution in [0.3, 0.4) is 0 Å². The quantitative estimate of drug-likeness (QED) is 0.695. The molecular weight excluding hydrogens is 400 g/mol. The highest BCUT2D eigenvalue weighted by atomic mass is 32.2. The molecule has 0 aliphatic heterocycles. The average Bonchev–Trinajstić information content (AvgIpc) is 2.65. The van der Waals surface area contributed by atoms with Crippen molar-refractivity contribution in [1.29, 1.82) is 0 Å². The van der Waals surface area contributed by atoms with E-state index in [1.807, 2.05) is 6.92 Å². The van der Waals surface area contributed by atoms with Crippen molar-refractivity contribution in [3.05, 3.63) is 59.7 Å². The first-order valence-electron chi connectivity index (χ1n) is 8.60. The largest absolute Gasteiger partial charge is 0.352 e. The summed E-state index contributed by atoms with van der Waals surface area (Å²) in [6, 6.07) is 12.7. The van der Waals surface area contributed by atoms with Gasteiger partial charge in [0, 0.05) is 27.1 Å². The molecule has 2 aromatic rings. The van der Waals surface area contributed by atoms with Gasteiger partial charge >= 0.3 is 0 Å². The fraction of sp³-hybridized carbons (Fsp3) is 0.316. The van der Waals surface area contributed by atoms with Gasteiger partial charge < -0.3 is 5.32 Å². The van der Waals surface area contributed by atoms with E-state index < -0.39 is 19.9 Å². The van der Waals surface area contributed by atoms with Gasteiger partial charge in [-0.3, -0.25) is 4.79 Å². The average molecular weight is 425 g/mol. The van der Waals surface area contributed by atoms with Crippen LogP contribution in [0.2, 0.25) is 0 Å². The number of carbonyl (C=O) groups excluding carboxylic acids is 1. The molecule has 2 rings (SSSR count). The zero-order valence-electron chi connectivity index (χ0n) is 16.0. The Hall–Kier alpha value is -2.23. The van der Waals surface area contributed by atoms with Gasteiger partial charge in [-0.1, -0.05) is 29.8 Å². The number of hydrogen-bond acceptors (Lipinski definition) is 5. The van der Waals surface area contributed by atoms with Crippen LogP contribution in [0.1, 0.15) is 17.5 Å². The molecule has 152 valence electrons. The summed E-state index contributed by atoms with van der Waals surface area (Å²) in [5, 5.41) is 2.65. The van der Waals surface area contributed by atoms with E-state index >= 15 is 0 Å². The Morgan fingerprint density at radius 3 is 1.96 bits per heavy atom. The molecule has 1 N–H and O–H groups in total. The summed E-state index contributed by atoms with van der Waals surface area (Å²) in [4.78, 5) is 12.3. The van der Waals surface area contributed by atoms with Gasteiger partial charge in [0.1, 0.15) is 0 Å². The fourth-order valence-corrected chi connectivity index (χ4v) is 4.51. The number of nitrogens with zero attached hydrogens (tertiary/aromatic N) is 1. The van der Waals surface area contributed by atoms with Gasteiger partial charge in [0.15, 0.2) is 9.84 Å². The number of benzene rings is 2. The topological polar surface area (TPSA) is 101 Å². The third kappa shape index (κ3) is 5.63. The second kappa shape index (κ2) is 8.85. The van der Waals surface area contributed by atoms with Gasteiger partial charge in [0.2, 0.25) is 15.9 Å². The fourth-order valence-electron chi connectivity index (χ4n) is 2.37. The number of nitrogens with one attached hydrogen (secondary N) is 1. The Morgan fingerprint density at radius 1 is 0.893 bits per heavy atom. The lowest BCUT2D eigenvalue weighted by Crippen LogP contribution is -2.25. The standard InChI is InChI=1S/C19H24N2O5S2/c1-15-4-8-17(9-5-15)27(23,24)13-12-19(22)20-14-16-6-10-18(11-7-16)28(25,26)21(2)3/h4-11H,12-14H2,1-3H3,(H,20,22). The summed E-state index contributed by atoms with van der Waals surface area (Å²) < 4.78 is 49.7. The summed E-state index contributed by atoms with van der Waals surface area (Å²) in [5.74, 6) is -0.664. The minimum Gasteiger partial charge on any atom is -0.352 e. The van der Waals surface area contributed by atoms with Crippen LogP contribution in [0.5, 0.6) is 0 Å². The number of sulfonamides is 1. The molecule has 0 atom stereocenters. The molecule has 9 heteroatoms. The minimum absolute atomic E-state index is 0.150. The smallest absolute Gasteiger partial charge is 0.242 e. The van der Waals surface area contributed by atoms with Gasteiger partial charge in [-0.2, -0.15) is 0 Å². The highest BCUT2D eigenvalue weighted by molar-refractivity contribution is 7.91. The van der Waals surface area contributed by atoms with Crippen LogP contribution in [-0.4, -0.2) is 46.9 Å². The van der Waals surface area contributed by atoms with Crippen molar-refractivity contribution < 1.29 is 21.6 Å². The van der Waals surface area contributed by atoms with Crippen LogP contribution in [0, 0.1) is 6.92 Å². The zero-order valence-corrected chi connectivity index (χ0v) is 17.7. The van der Waals surface area contributed by atoms with E-state index in [2.05, 4.69) is 5.32 Å². The molecule has 0 aliphatic rings. The molecule has 0 aromatic heterocycles. The van der Waals surface area contributed by atoms with Crippen LogP contribution >= 0.6 is 0 Å². The molecule has 0 radical (unpaired) electrons. The van der Waals surface area contributed by atoms with E-state index in [1.165, 1.54) is 38.4 Å². The van der Waals surface area contributed by atoms with Crippen LogP contribution < -0.4 is 5.32 Å². The molecule has 1 amide bonds. The summed E-state index contributed by atoms with van der Waals surface area (Å²) >= 11 is 0. The van der Waals surface area contributed by atoms with E-state index in [0.717, 1.165) is 9.87 Å². The van der Waals surface area contributed by atoms with Crippen molar-refractivity contribution in [2.45, 2.75) is 29.7 Å². The second-order valence-electron chi connectivity index (χ2n) is 6.59. The van der Waals surface area contributed by atoms with Gasteiger partial charge in [0.05, 0.1) is 15.5 Å². The molecular formula is C19H24N2O5S2. The van der Waals surface area contributed by atoms with Crippen molar-refractivity contribution in [3.8, 4) is 0 Å². The maximum Gasteiger partial charge on any atom is 0.242 e. The van der Waals surface area contributed by atoms with Crippen LogP contribution in [0.15, 0.2) is 58.3 Å². The first kappa shape index (κ1) is 22.1. The molecule has 0 fully saturated rings. The lowest BCUT2D eigenvalue weighted by Gasteiger charge is -2.12. The third-order valence-corrected chi connectivity index (χ3v) is 7.73. The molecule has 0 heterocycles. The molecule has 0 unspecified atom stereocenters. The highest BCUT2D eigenvalue weighted by Crippen LogP contribution is 2.15. The summed E-state index contributed by atoms with van der Waals surface area (Å²) in [6.07, 6.45) is -0.150. The molecule has 0 bridgehead atoms. The molecule has 2 aromatic carbocycles. The molecule has 7 nitrogen and oxygen atoms in total. The highest BCUT2D eigenvalue weighted by Gasteiger charge is 2.17. The van der Waals surface area contributed by atoms with Gasteiger partial charge in [-0.15, -0.1) is 0 Å².